The molecule has 0 saturated carbocycles. The fraction of sp³-hybridized carbons (Fsp3) is 0.318. The van der Waals surface area contributed by atoms with E-state index in [0.29, 0.717) is 25.1 Å². The van der Waals surface area contributed by atoms with Gasteiger partial charge in [-0.2, -0.15) is 0 Å². The quantitative estimate of drug-likeness (QED) is 0.730. The Bertz CT molecular complexity index is 901. The third kappa shape index (κ3) is 4.45. The van der Waals surface area contributed by atoms with Gasteiger partial charge in [-0.3, -0.25) is 14.5 Å². The maximum Gasteiger partial charge on any atom is 0.325 e. The number of benzene rings is 2. The number of urea groups is 1. The number of anilines is 1. The monoisotopic (exact) mass is 397 g/mol. The molecule has 1 atom stereocenters. The summed E-state index contributed by atoms with van der Waals surface area (Å²) < 4.78 is 13.2. The molecule has 152 valence electrons. The Labute approximate surface area is 169 Å². The average molecular weight is 397 g/mol. The van der Waals surface area contributed by atoms with E-state index in [1.807, 2.05) is 30.3 Å². The summed E-state index contributed by atoms with van der Waals surface area (Å²) in [4.78, 5) is 40.5. The summed E-state index contributed by atoms with van der Waals surface area (Å²) in [5, 5.41) is 2.73. The van der Waals surface area contributed by atoms with Crippen LogP contribution in [0, 0.1) is 5.82 Å². The topological polar surface area (TPSA) is 69.7 Å². The van der Waals surface area contributed by atoms with Gasteiger partial charge in [-0.15, -0.1) is 0 Å². The Morgan fingerprint density at radius 2 is 1.76 bits per heavy atom. The van der Waals surface area contributed by atoms with Crippen molar-refractivity contribution in [2.24, 2.45) is 0 Å². The molecule has 1 saturated heterocycles. The summed E-state index contributed by atoms with van der Waals surface area (Å²) in [6.45, 7) is 3.42. The van der Waals surface area contributed by atoms with Gasteiger partial charge in [0.05, 0.1) is 0 Å². The van der Waals surface area contributed by atoms with Crippen LogP contribution in [0.15, 0.2) is 54.6 Å². The zero-order valence-electron chi connectivity index (χ0n) is 16.5. The molecule has 29 heavy (non-hydrogen) atoms. The van der Waals surface area contributed by atoms with E-state index >= 15 is 0 Å². The molecular weight excluding hydrogens is 373 g/mol. The van der Waals surface area contributed by atoms with E-state index in [1.165, 1.54) is 29.2 Å². The first-order valence-electron chi connectivity index (χ1n) is 9.58. The second-order valence-corrected chi connectivity index (χ2v) is 7.25. The van der Waals surface area contributed by atoms with Gasteiger partial charge in [0, 0.05) is 12.2 Å². The van der Waals surface area contributed by atoms with Crippen LogP contribution in [-0.4, -0.2) is 41.4 Å². The molecule has 6 nitrogen and oxygen atoms in total. The average Bonchev–Trinajstić information content (AvgIpc) is 2.93. The van der Waals surface area contributed by atoms with Gasteiger partial charge in [-0.25, -0.2) is 9.18 Å². The minimum Gasteiger partial charge on any atom is -0.323 e. The Hall–Kier alpha value is -3.22. The predicted octanol–water partition coefficient (Wildman–Crippen LogP) is 3.12. The largest absolute Gasteiger partial charge is 0.325 e. The van der Waals surface area contributed by atoms with Crippen LogP contribution in [0.2, 0.25) is 0 Å². The molecule has 1 heterocycles. The Kier molecular flexibility index (Phi) is 5.96. The molecular formula is C22H24FN3O3. The maximum atomic E-state index is 13.2. The third-order valence-corrected chi connectivity index (χ3v) is 5.15. The number of nitrogens with zero attached hydrogens (tertiary/aromatic N) is 2. The summed E-state index contributed by atoms with van der Waals surface area (Å²) in [6, 6.07) is 14.6. The van der Waals surface area contributed by atoms with E-state index in [4.69, 9.17) is 0 Å². The van der Waals surface area contributed by atoms with Crippen molar-refractivity contribution in [2.75, 3.05) is 18.0 Å². The van der Waals surface area contributed by atoms with E-state index in [2.05, 4.69) is 5.32 Å². The van der Waals surface area contributed by atoms with Crippen molar-refractivity contribution >= 4 is 23.5 Å². The van der Waals surface area contributed by atoms with Crippen LogP contribution >= 0.6 is 0 Å². The number of hydrogen-bond donors (Lipinski definition) is 1. The summed E-state index contributed by atoms with van der Waals surface area (Å²) in [5.74, 6) is -1.22. The number of hydrogen-bond acceptors (Lipinski definition) is 3. The van der Waals surface area contributed by atoms with E-state index in [-0.39, 0.29) is 6.54 Å². The fourth-order valence-corrected chi connectivity index (χ4v) is 3.44. The standard InChI is InChI=1S/C22H24FN3O3/c1-3-25(18-11-9-17(23)10-12-18)19(27)15-26-20(28)22(2,24-21(26)29)14-13-16-7-5-4-6-8-16/h4-12H,3,13-15H2,1-2H3,(H,24,29)/t22-/m1/s1. The highest BCUT2D eigenvalue weighted by Crippen LogP contribution is 2.24. The first-order chi connectivity index (χ1) is 13.8. The molecule has 0 aliphatic carbocycles. The molecule has 4 amide bonds. The van der Waals surface area contributed by atoms with Gasteiger partial charge in [-0.05, 0) is 56.5 Å². The zero-order valence-corrected chi connectivity index (χ0v) is 16.5. The number of likely N-dealkylation sites (N-methyl/N-ethyl adjacent to an activating group) is 1. The van der Waals surface area contributed by atoms with Crippen LogP contribution in [0.3, 0.4) is 0 Å². The number of imide groups is 1. The molecule has 0 unspecified atom stereocenters. The number of aryl methyl sites for hydroxylation is 1. The van der Waals surface area contributed by atoms with Crippen LogP contribution in [0.25, 0.3) is 0 Å². The van der Waals surface area contributed by atoms with Gasteiger partial charge < -0.3 is 10.2 Å². The number of carbonyl (C=O) groups excluding carboxylic acids is 3. The fourth-order valence-electron chi connectivity index (χ4n) is 3.44. The van der Waals surface area contributed by atoms with Crippen LogP contribution < -0.4 is 10.2 Å². The number of halogens is 1. The Balaban J connectivity index is 1.68. The molecule has 1 aliphatic rings. The lowest BCUT2D eigenvalue weighted by molar-refractivity contribution is -0.134. The zero-order chi connectivity index (χ0) is 21.0. The molecule has 0 spiro atoms. The van der Waals surface area contributed by atoms with Crippen LogP contribution in [0.5, 0.6) is 0 Å². The van der Waals surface area contributed by atoms with Crippen molar-refractivity contribution in [3.8, 4) is 0 Å². The van der Waals surface area contributed by atoms with E-state index < -0.39 is 29.2 Å². The van der Waals surface area contributed by atoms with Crippen molar-refractivity contribution in [1.82, 2.24) is 10.2 Å². The normalized spacial score (nSPS) is 18.7. The first kappa shape index (κ1) is 20.5. The van der Waals surface area contributed by atoms with Crippen molar-refractivity contribution in [1.29, 1.82) is 0 Å². The van der Waals surface area contributed by atoms with E-state index in [1.54, 1.807) is 13.8 Å². The van der Waals surface area contributed by atoms with E-state index in [9.17, 15) is 18.8 Å². The van der Waals surface area contributed by atoms with Crippen molar-refractivity contribution in [2.45, 2.75) is 32.2 Å². The molecule has 3 rings (SSSR count). The predicted molar refractivity (Wildman–Crippen MR) is 108 cm³/mol. The smallest absolute Gasteiger partial charge is 0.323 e. The van der Waals surface area contributed by atoms with Gasteiger partial charge in [-0.1, -0.05) is 30.3 Å². The second-order valence-electron chi connectivity index (χ2n) is 7.25. The van der Waals surface area contributed by atoms with Crippen molar-refractivity contribution in [3.63, 3.8) is 0 Å². The molecule has 0 radical (unpaired) electrons. The van der Waals surface area contributed by atoms with Gasteiger partial charge in [0.15, 0.2) is 0 Å². The lowest BCUT2D eigenvalue weighted by Crippen LogP contribution is -2.46. The van der Waals surface area contributed by atoms with Crippen molar-refractivity contribution in [3.05, 3.63) is 66.0 Å². The Morgan fingerprint density at radius 1 is 1.10 bits per heavy atom. The van der Waals surface area contributed by atoms with Gasteiger partial charge in [0.1, 0.15) is 17.9 Å². The highest BCUT2D eigenvalue weighted by molar-refractivity contribution is 6.10. The van der Waals surface area contributed by atoms with Gasteiger partial charge >= 0.3 is 6.03 Å². The van der Waals surface area contributed by atoms with E-state index in [0.717, 1.165) is 10.5 Å². The molecule has 0 bridgehead atoms. The number of nitrogens with one attached hydrogen (secondary N) is 1. The summed E-state index contributed by atoms with van der Waals surface area (Å²) in [5.41, 5.74) is 0.525. The van der Waals surface area contributed by atoms with Crippen LogP contribution in [-0.2, 0) is 16.0 Å². The maximum absolute atomic E-state index is 13.2. The number of amides is 4. The molecule has 7 heteroatoms. The first-order valence-corrected chi connectivity index (χ1v) is 9.58. The van der Waals surface area contributed by atoms with Crippen LogP contribution in [0.4, 0.5) is 14.9 Å². The molecule has 1 aliphatic heterocycles. The SMILES string of the molecule is CCN(C(=O)CN1C(=O)N[C@](C)(CCc2ccccc2)C1=O)c1ccc(F)cc1. The van der Waals surface area contributed by atoms with Crippen molar-refractivity contribution < 1.29 is 18.8 Å². The molecule has 2 aromatic rings. The summed E-state index contributed by atoms with van der Waals surface area (Å²) in [6.07, 6.45) is 1.06. The lowest BCUT2D eigenvalue weighted by Gasteiger charge is -2.24. The summed E-state index contributed by atoms with van der Waals surface area (Å²) in [7, 11) is 0. The van der Waals surface area contributed by atoms with Gasteiger partial charge in [0.2, 0.25) is 5.91 Å². The minimum atomic E-state index is -1.06. The third-order valence-electron chi connectivity index (χ3n) is 5.15. The number of carbonyl (C=O) groups is 3. The highest BCUT2D eigenvalue weighted by atomic mass is 19.1. The molecule has 2 aromatic carbocycles. The highest BCUT2D eigenvalue weighted by Gasteiger charge is 2.48. The lowest BCUT2D eigenvalue weighted by atomic mass is 9.93. The summed E-state index contributed by atoms with van der Waals surface area (Å²) >= 11 is 0. The molecule has 1 fully saturated rings. The number of rotatable bonds is 7. The van der Waals surface area contributed by atoms with Gasteiger partial charge in [0.25, 0.3) is 5.91 Å². The Morgan fingerprint density at radius 3 is 2.38 bits per heavy atom. The molecule has 0 aromatic heterocycles. The molecule has 1 N–H and O–H groups in total. The minimum absolute atomic E-state index is 0.333. The second kappa shape index (κ2) is 8.43. The van der Waals surface area contributed by atoms with Crippen LogP contribution in [0.1, 0.15) is 25.8 Å².